The first-order chi connectivity index (χ1) is 14.6. The second-order valence-corrected chi connectivity index (χ2v) is 7.14. The lowest BCUT2D eigenvalue weighted by Gasteiger charge is -2.26. The number of amides is 1. The van der Waals surface area contributed by atoms with E-state index in [9.17, 15) is 9.18 Å². The van der Waals surface area contributed by atoms with Crippen LogP contribution in [0.25, 0.3) is 11.3 Å². The van der Waals surface area contributed by atoms with Gasteiger partial charge in [-0.1, -0.05) is 23.4 Å². The number of benzene rings is 2. The molecule has 2 aromatic carbocycles. The maximum Gasteiger partial charge on any atom is 0.274 e. The fourth-order valence-corrected chi connectivity index (χ4v) is 3.39. The van der Waals surface area contributed by atoms with Crippen molar-refractivity contribution in [1.29, 1.82) is 0 Å². The van der Waals surface area contributed by atoms with Crippen molar-refractivity contribution in [2.75, 3.05) is 26.3 Å². The van der Waals surface area contributed by atoms with Crippen LogP contribution in [0.4, 0.5) is 4.39 Å². The van der Waals surface area contributed by atoms with E-state index >= 15 is 0 Å². The predicted octanol–water partition coefficient (Wildman–Crippen LogP) is 2.08. The number of aromatic nitrogens is 3. The standard InChI is InChI=1S/C21H22FN5O3/c22-19-11-16(12-26-7-9-30-10-8-26)3-6-18(19)20-14-27(25-23-20)13-15-1-4-17(5-2-15)21(28)24-29/h1-6,11,14,29H,7-10,12-13H2,(H,24,28). The van der Waals surface area contributed by atoms with E-state index in [2.05, 4.69) is 15.2 Å². The third kappa shape index (κ3) is 4.70. The number of hydrogen-bond donors (Lipinski definition) is 2. The van der Waals surface area contributed by atoms with E-state index < -0.39 is 5.91 Å². The van der Waals surface area contributed by atoms with E-state index in [0.717, 1.165) is 24.2 Å². The molecule has 0 atom stereocenters. The van der Waals surface area contributed by atoms with Crippen LogP contribution in [0.3, 0.4) is 0 Å². The van der Waals surface area contributed by atoms with Crippen molar-refractivity contribution >= 4 is 5.91 Å². The summed E-state index contributed by atoms with van der Waals surface area (Å²) in [4.78, 5) is 13.6. The van der Waals surface area contributed by atoms with Gasteiger partial charge < -0.3 is 4.74 Å². The molecule has 156 valence electrons. The van der Waals surface area contributed by atoms with Crippen LogP contribution < -0.4 is 5.48 Å². The van der Waals surface area contributed by atoms with E-state index in [4.69, 9.17) is 9.94 Å². The lowest BCUT2D eigenvalue weighted by Crippen LogP contribution is -2.35. The summed E-state index contributed by atoms with van der Waals surface area (Å²) in [5.74, 6) is -0.899. The highest BCUT2D eigenvalue weighted by Gasteiger charge is 2.14. The maximum absolute atomic E-state index is 14.7. The highest BCUT2D eigenvalue weighted by molar-refractivity contribution is 5.93. The molecule has 9 heteroatoms. The molecule has 0 saturated carbocycles. The fraction of sp³-hybridized carbons (Fsp3) is 0.286. The molecule has 1 saturated heterocycles. The van der Waals surface area contributed by atoms with Gasteiger partial charge in [-0.15, -0.1) is 5.10 Å². The number of hydroxylamine groups is 1. The third-order valence-corrected chi connectivity index (χ3v) is 5.02. The van der Waals surface area contributed by atoms with Crippen LogP contribution in [0.2, 0.25) is 0 Å². The number of carbonyl (C=O) groups is 1. The first kappa shape index (κ1) is 20.1. The molecule has 8 nitrogen and oxygen atoms in total. The quantitative estimate of drug-likeness (QED) is 0.477. The molecule has 1 amide bonds. The summed E-state index contributed by atoms with van der Waals surface area (Å²) in [6, 6.07) is 11.9. The molecule has 1 fully saturated rings. The number of nitrogens with one attached hydrogen (secondary N) is 1. The van der Waals surface area contributed by atoms with Crippen molar-refractivity contribution in [2.24, 2.45) is 0 Å². The number of morpholine rings is 1. The third-order valence-electron chi connectivity index (χ3n) is 5.02. The Morgan fingerprint density at radius 1 is 1.10 bits per heavy atom. The van der Waals surface area contributed by atoms with Gasteiger partial charge in [0, 0.05) is 30.8 Å². The largest absolute Gasteiger partial charge is 0.379 e. The molecule has 0 aliphatic carbocycles. The van der Waals surface area contributed by atoms with E-state index in [1.54, 1.807) is 52.8 Å². The predicted molar refractivity (Wildman–Crippen MR) is 106 cm³/mol. The monoisotopic (exact) mass is 411 g/mol. The van der Waals surface area contributed by atoms with Gasteiger partial charge in [0.15, 0.2) is 0 Å². The van der Waals surface area contributed by atoms with Gasteiger partial charge in [-0.25, -0.2) is 14.6 Å². The van der Waals surface area contributed by atoms with Crippen molar-refractivity contribution in [3.8, 4) is 11.3 Å². The van der Waals surface area contributed by atoms with Crippen molar-refractivity contribution in [3.63, 3.8) is 0 Å². The summed E-state index contributed by atoms with van der Waals surface area (Å²) in [7, 11) is 0. The molecular weight excluding hydrogens is 389 g/mol. The van der Waals surface area contributed by atoms with E-state index in [0.29, 0.717) is 43.1 Å². The van der Waals surface area contributed by atoms with E-state index in [1.807, 2.05) is 6.07 Å². The lowest BCUT2D eigenvalue weighted by atomic mass is 10.1. The summed E-state index contributed by atoms with van der Waals surface area (Å²) in [6.45, 7) is 4.23. The van der Waals surface area contributed by atoms with Crippen molar-refractivity contribution < 1.29 is 19.1 Å². The van der Waals surface area contributed by atoms with Gasteiger partial charge in [0.25, 0.3) is 5.91 Å². The molecule has 0 radical (unpaired) electrons. The van der Waals surface area contributed by atoms with Crippen LogP contribution in [0.15, 0.2) is 48.7 Å². The lowest BCUT2D eigenvalue weighted by molar-refractivity contribution is 0.0341. The number of carbonyl (C=O) groups excluding carboxylic acids is 1. The first-order valence-electron chi connectivity index (χ1n) is 9.65. The normalized spacial score (nSPS) is 14.6. The minimum Gasteiger partial charge on any atom is -0.379 e. The molecule has 0 spiro atoms. The highest BCUT2D eigenvalue weighted by atomic mass is 19.1. The van der Waals surface area contributed by atoms with Gasteiger partial charge in [-0.3, -0.25) is 14.9 Å². The van der Waals surface area contributed by atoms with Gasteiger partial charge in [-0.05, 0) is 35.4 Å². The second kappa shape index (κ2) is 9.12. The number of ether oxygens (including phenoxy) is 1. The van der Waals surface area contributed by atoms with Crippen LogP contribution in [0.1, 0.15) is 21.5 Å². The number of rotatable bonds is 6. The van der Waals surface area contributed by atoms with Gasteiger partial charge in [0.2, 0.25) is 0 Å². The zero-order valence-electron chi connectivity index (χ0n) is 16.3. The van der Waals surface area contributed by atoms with Crippen LogP contribution in [-0.2, 0) is 17.8 Å². The Morgan fingerprint density at radius 2 is 1.83 bits per heavy atom. The molecule has 1 aliphatic heterocycles. The fourth-order valence-electron chi connectivity index (χ4n) is 3.39. The zero-order chi connectivity index (χ0) is 20.9. The van der Waals surface area contributed by atoms with Crippen molar-refractivity contribution in [1.82, 2.24) is 25.4 Å². The SMILES string of the molecule is O=C(NO)c1ccc(Cn2cc(-c3ccc(CN4CCOCC4)cc3F)nn2)cc1. The molecule has 1 aliphatic rings. The summed E-state index contributed by atoms with van der Waals surface area (Å²) in [5, 5.41) is 16.8. The van der Waals surface area contributed by atoms with Crippen LogP contribution in [-0.4, -0.2) is 57.3 Å². The van der Waals surface area contributed by atoms with Crippen LogP contribution in [0, 0.1) is 5.82 Å². The minimum absolute atomic E-state index is 0.327. The van der Waals surface area contributed by atoms with Gasteiger partial charge in [0.05, 0.1) is 26.0 Å². The summed E-state index contributed by atoms with van der Waals surface area (Å²) in [5.41, 5.74) is 4.61. The Balaban J connectivity index is 1.43. The second-order valence-electron chi connectivity index (χ2n) is 7.14. The number of halogens is 1. The Labute approximate surface area is 172 Å². The molecule has 4 rings (SSSR count). The van der Waals surface area contributed by atoms with E-state index in [-0.39, 0.29) is 5.82 Å². The molecule has 2 N–H and O–H groups in total. The molecule has 0 bridgehead atoms. The number of hydrogen-bond acceptors (Lipinski definition) is 6. The summed E-state index contributed by atoms with van der Waals surface area (Å²) >= 11 is 0. The molecular formula is C21H22FN5O3. The zero-order valence-corrected chi connectivity index (χ0v) is 16.3. The Hall–Kier alpha value is -3.14. The molecule has 2 heterocycles. The van der Waals surface area contributed by atoms with Crippen molar-refractivity contribution in [2.45, 2.75) is 13.1 Å². The average molecular weight is 411 g/mol. The minimum atomic E-state index is -0.572. The van der Waals surface area contributed by atoms with Gasteiger partial charge >= 0.3 is 0 Å². The Morgan fingerprint density at radius 3 is 2.53 bits per heavy atom. The maximum atomic E-state index is 14.7. The first-order valence-corrected chi connectivity index (χ1v) is 9.65. The van der Waals surface area contributed by atoms with Crippen LogP contribution >= 0.6 is 0 Å². The Kier molecular flexibility index (Phi) is 6.12. The van der Waals surface area contributed by atoms with E-state index in [1.165, 1.54) is 0 Å². The summed E-state index contributed by atoms with van der Waals surface area (Å²) < 4.78 is 21.7. The molecule has 0 unspecified atom stereocenters. The summed E-state index contributed by atoms with van der Waals surface area (Å²) in [6.07, 6.45) is 1.69. The Bertz CT molecular complexity index is 1020. The molecule has 3 aromatic rings. The molecule has 30 heavy (non-hydrogen) atoms. The van der Waals surface area contributed by atoms with Gasteiger partial charge in [-0.2, -0.15) is 0 Å². The van der Waals surface area contributed by atoms with Crippen molar-refractivity contribution in [3.05, 3.63) is 71.2 Å². The smallest absolute Gasteiger partial charge is 0.274 e. The number of nitrogens with zero attached hydrogens (tertiary/aromatic N) is 4. The van der Waals surface area contributed by atoms with Gasteiger partial charge in [0.1, 0.15) is 11.5 Å². The van der Waals surface area contributed by atoms with Crippen LogP contribution in [0.5, 0.6) is 0 Å². The topological polar surface area (TPSA) is 92.5 Å². The molecule has 1 aromatic heterocycles. The average Bonchev–Trinajstić information content (AvgIpc) is 3.22. The highest BCUT2D eigenvalue weighted by Crippen LogP contribution is 2.22.